The van der Waals surface area contributed by atoms with Gasteiger partial charge in [0.2, 0.25) is 0 Å². The molecule has 204 valence electrons. The topological polar surface area (TPSA) is 109 Å². The molecule has 1 aliphatic rings. The molecule has 0 amide bonds. The Bertz CT molecular complexity index is 940. The van der Waals surface area contributed by atoms with E-state index in [2.05, 4.69) is 11.9 Å². The van der Waals surface area contributed by atoms with Gasteiger partial charge in [-0.2, -0.15) is 0 Å². The lowest BCUT2D eigenvalue weighted by atomic mass is 9.73. The van der Waals surface area contributed by atoms with Gasteiger partial charge in [0.1, 0.15) is 11.9 Å². The average molecular weight is 524 g/mol. The maximum absolute atomic E-state index is 13.1. The van der Waals surface area contributed by atoms with E-state index in [1.807, 2.05) is 46.1 Å². The Balaban J connectivity index is 2.11. The number of rotatable bonds is 14. The number of nitrogens with zero attached hydrogens (tertiary/aromatic N) is 1. The van der Waals surface area contributed by atoms with Crippen LogP contribution < -0.4 is 0 Å². The molecule has 0 aromatic carbocycles. The summed E-state index contributed by atoms with van der Waals surface area (Å²) in [6.07, 6.45) is 1.11. The summed E-state index contributed by atoms with van der Waals surface area (Å²) >= 11 is 1.55. The predicted molar refractivity (Wildman–Crippen MR) is 143 cm³/mol. The van der Waals surface area contributed by atoms with E-state index in [1.165, 1.54) is 0 Å². The van der Waals surface area contributed by atoms with Crippen molar-refractivity contribution in [2.24, 2.45) is 17.3 Å². The zero-order chi connectivity index (χ0) is 27.4. The van der Waals surface area contributed by atoms with Crippen molar-refractivity contribution in [3.8, 4) is 0 Å². The summed E-state index contributed by atoms with van der Waals surface area (Å²) in [5, 5.41) is 24.3. The highest BCUT2D eigenvalue weighted by molar-refractivity contribution is 7.09. The average Bonchev–Trinajstić information content (AvgIpc) is 3.29. The highest BCUT2D eigenvalue weighted by Crippen LogP contribution is 2.43. The highest BCUT2D eigenvalue weighted by Gasteiger charge is 2.52. The quantitative estimate of drug-likeness (QED) is 0.257. The first-order valence-electron chi connectivity index (χ1n) is 13.0. The minimum absolute atomic E-state index is 0.0216. The van der Waals surface area contributed by atoms with Crippen LogP contribution in [0.5, 0.6) is 0 Å². The molecule has 2 N–H and O–H groups in total. The van der Waals surface area contributed by atoms with Crippen LogP contribution >= 0.6 is 11.3 Å². The third-order valence-corrected chi connectivity index (χ3v) is 8.73. The lowest BCUT2D eigenvalue weighted by Crippen LogP contribution is -2.45. The smallest absolute Gasteiger partial charge is 0.309 e. The van der Waals surface area contributed by atoms with Gasteiger partial charge >= 0.3 is 5.97 Å². The van der Waals surface area contributed by atoms with Gasteiger partial charge in [0.15, 0.2) is 0 Å². The van der Waals surface area contributed by atoms with Gasteiger partial charge < -0.3 is 19.7 Å². The van der Waals surface area contributed by atoms with Crippen LogP contribution in [0.2, 0.25) is 0 Å². The second kappa shape index (κ2) is 12.3. The van der Waals surface area contributed by atoms with Gasteiger partial charge in [-0.25, -0.2) is 4.98 Å². The molecule has 1 fully saturated rings. The van der Waals surface area contributed by atoms with Crippen molar-refractivity contribution in [1.29, 1.82) is 0 Å². The van der Waals surface area contributed by atoms with E-state index >= 15 is 0 Å². The molecular weight excluding hydrogens is 478 g/mol. The van der Waals surface area contributed by atoms with Crippen LogP contribution in [0.4, 0.5) is 0 Å². The first-order valence-corrected chi connectivity index (χ1v) is 13.9. The molecule has 2 heterocycles. The first-order chi connectivity index (χ1) is 16.7. The number of epoxide rings is 1. The van der Waals surface area contributed by atoms with Gasteiger partial charge in [0.25, 0.3) is 0 Å². The number of aliphatic hydroxyl groups is 2. The number of Topliss-reactive ketones (excluding diaryl/α,β-unsaturated/α-hetero) is 1. The van der Waals surface area contributed by atoms with Crippen LogP contribution in [0.1, 0.15) is 91.8 Å². The number of aromatic nitrogens is 1. The molecule has 2 rings (SSSR count). The number of carbonyl (C=O) groups is 2. The second-order valence-corrected chi connectivity index (χ2v) is 12.2. The number of carbonyl (C=O) groups excluding carboxylic acids is 2. The van der Waals surface area contributed by atoms with Crippen molar-refractivity contribution in [1.82, 2.24) is 4.98 Å². The molecule has 0 unspecified atom stereocenters. The van der Waals surface area contributed by atoms with Crippen molar-refractivity contribution >= 4 is 29.2 Å². The van der Waals surface area contributed by atoms with E-state index in [0.29, 0.717) is 6.42 Å². The van der Waals surface area contributed by atoms with Crippen LogP contribution in [0.15, 0.2) is 11.0 Å². The van der Waals surface area contributed by atoms with Crippen molar-refractivity contribution < 1.29 is 29.3 Å². The van der Waals surface area contributed by atoms with E-state index in [0.717, 1.165) is 29.1 Å². The van der Waals surface area contributed by atoms with E-state index in [4.69, 9.17) is 9.47 Å². The van der Waals surface area contributed by atoms with E-state index in [1.54, 1.807) is 32.1 Å². The molecule has 8 heteroatoms. The number of esters is 1. The fourth-order valence-electron chi connectivity index (χ4n) is 4.45. The number of hydrogen-bond acceptors (Lipinski definition) is 8. The second-order valence-electron chi connectivity index (χ2n) is 11.1. The summed E-state index contributed by atoms with van der Waals surface area (Å²) in [5.41, 5.74) is 0.221. The monoisotopic (exact) mass is 523 g/mol. The predicted octanol–water partition coefficient (Wildman–Crippen LogP) is 5.11. The standard InChI is InChI=1S/C28H45NO6S/c1-10-16(3)25(32)18(5)26(33)27(7,8)22(30)14-24(31)34-21(13-23-28(9,11-2)35-23)17(4)12-20-15-36-19(6)29-20/h12,15-16,18,21-23,25,30,32H,10-11,13-14H2,1-9H3/b17-12+/t16-,18+,21-,22-,23-,25-,28+/m0/s1. The number of hydrogen-bond donors (Lipinski definition) is 2. The Morgan fingerprint density at radius 2 is 1.94 bits per heavy atom. The summed E-state index contributed by atoms with van der Waals surface area (Å²) in [4.78, 5) is 30.6. The van der Waals surface area contributed by atoms with Gasteiger partial charge in [-0.15, -0.1) is 11.3 Å². The lowest BCUT2D eigenvalue weighted by molar-refractivity contribution is -0.154. The number of aliphatic hydroxyl groups excluding tert-OH is 2. The fourth-order valence-corrected chi connectivity index (χ4v) is 5.02. The molecule has 7 atom stereocenters. The van der Waals surface area contributed by atoms with Gasteiger partial charge in [0, 0.05) is 17.7 Å². The zero-order valence-corrected chi connectivity index (χ0v) is 24.1. The molecular formula is C28H45NO6S. The maximum Gasteiger partial charge on any atom is 0.309 e. The van der Waals surface area contributed by atoms with Crippen LogP contribution in [-0.4, -0.2) is 57.0 Å². The van der Waals surface area contributed by atoms with Crippen molar-refractivity contribution in [3.05, 3.63) is 21.7 Å². The molecule has 0 spiro atoms. The molecule has 1 aliphatic heterocycles. The molecule has 7 nitrogen and oxygen atoms in total. The summed E-state index contributed by atoms with van der Waals surface area (Å²) in [6, 6.07) is 0. The first kappa shape index (κ1) is 30.6. The third-order valence-electron chi connectivity index (χ3n) is 7.94. The number of thiazole rings is 1. The minimum atomic E-state index is -1.24. The van der Waals surface area contributed by atoms with Gasteiger partial charge in [0.05, 0.1) is 46.5 Å². The Kier molecular flexibility index (Phi) is 10.5. The molecule has 0 saturated carbocycles. The molecule has 0 aliphatic carbocycles. The number of ketones is 1. The van der Waals surface area contributed by atoms with E-state index < -0.39 is 35.6 Å². The highest BCUT2D eigenvalue weighted by atomic mass is 32.1. The Hall–Kier alpha value is -1.61. The van der Waals surface area contributed by atoms with E-state index in [9.17, 15) is 19.8 Å². The summed E-state index contributed by atoms with van der Waals surface area (Å²) in [6.45, 7) is 16.7. The molecule has 1 aromatic rings. The Labute approximate surface area is 220 Å². The van der Waals surface area contributed by atoms with Crippen LogP contribution in [0.25, 0.3) is 6.08 Å². The van der Waals surface area contributed by atoms with Crippen LogP contribution in [0, 0.1) is 24.2 Å². The largest absolute Gasteiger partial charge is 0.458 e. The fraction of sp³-hybridized carbons (Fsp3) is 0.750. The number of aryl methyl sites for hydroxylation is 1. The van der Waals surface area contributed by atoms with Gasteiger partial charge in [-0.1, -0.05) is 48.0 Å². The van der Waals surface area contributed by atoms with Crippen LogP contribution in [-0.2, 0) is 19.1 Å². The zero-order valence-electron chi connectivity index (χ0n) is 23.3. The van der Waals surface area contributed by atoms with E-state index in [-0.39, 0.29) is 29.8 Å². The lowest BCUT2D eigenvalue weighted by Gasteiger charge is -2.34. The third kappa shape index (κ3) is 7.46. The van der Waals surface area contributed by atoms with Crippen molar-refractivity contribution in [3.63, 3.8) is 0 Å². The SMILES string of the molecule is CC[C@H](C)[C@H](O)[C@@H](C)C(=O)C(C)(C)[C@@H](O)CC(=O)O[C@@H](C[C@@H]1O[C@]1(C)CC)/C(C)=C/c1csc(C)n1. The maximum atomic E-state index is 13.1. The minimum Gasteiger partial charge on any atom is -0.458 e. The normalized spacial score (nSPS) is 24.5. The molecule has 1 saturated heterocycles. The van der Waals surface area contributed by atoms with Crippen molar-refractivity contribution in [2.45, 2.75) is 118 Å². The summed E-state index contributed by atoms with van der Waals surface area (Å²) < 4.78 is 11.7. The Morgan fingerprint density at radius 3 is 2.44 bits per heavy atom. The summed E-state index contributed by atoms with van der Waals surface area (Å²) in [5.74, 6) is -1.55. The molecule has 36 heavy (non-hydrogen) atoms. The van der Waals surface area contributed by atoms with Gasteiger partial charge in [-0.3, -0.25) is 9.59 Å². The van der Waals surface area contributed by atoms with Crippen molar-refractivity contribution in [2.75, 3.05) is 0 Å². The van der Waals surface area contributed by atoms with Gasteiger partial charge in [-0.05, 0) is 44.8 Å². The van der Waals surface area contributed by atoms with Crippen LogP contribution in [0.3, 0.4) is 0 Å². The number of ether oxygens (including phenoxy) is 2. The molecule has 1 aromatic heterocycles. The molecule has 0 bridgehead atoms. The molecule has 0 radical (unpaired) electrons. The Morgan fingerprint density at radius 1 is 1.31 bits per heavy atom. The summed E-state index contributed by atoms with van der Waals surface area (Å²) in [7, 11) is 0.